The first kappa shape index (κ1) is 15.9. The third kappa shape index (κ3) is 3.45. The lowest BCUT2D eigenvalue weighted by Crippen LogP contribution is -2.45. The van der Waals surface area contributed by atoms with Crippen LogP contribution in [-0.4, -0.2) is 36.6 Å². The molecule has 2 N–H and O–H groups in total. The minimum Gasteiger partial charge on any atom is -0.385 e. The van der Waals surface area contributed by atoms with Crippen molar-refractivity contribution < 1.29 is 4.79 Å². The van der Waals surface area contributed by atoms with E-state index in [1.54, 1.807) is 0 Å². The summed E-state index contributed by atoms with van der Waals surface area (Å²) in [5.41, 5.74) is 3.11. The molecule has 0 radical (unpaired) electrons. The number of pyridine rings is 1. The van der Waals surface area contributed by atoms with Crippen LogP contribution in [0.15, 0.2) is 42.6 Å². The number of hydrogen-bond donors (Lipinski definition) is 2. The van der Waals surface area contributed by atoms with E-state index < -0.39 is 0 Å². The lowest BCUT2D eigenvalue weighted by atomic mass is 9.96. The van der Waals surface area contributed by atoms with Crippen molar-refractivity contribution in [2.75, 3.05) is 29.9 Å². The molecule has 0 atom stereocenters. The van der Waals surface area contributed by atoms with E-state index in [-0.39, 0.29) is 11.9 Å². The lowest BCUT2D eigenvalue weighted by Gasteiger charge is -2.33. The molecule has 3 heterocycles. The second-order valence-electron chi connectivity index (χ2n) is 6.78. The van der Waals surface area contributed by atoms with Crippen LogP contribution in [0.2, 0.25) is 0 Å². The summed E-state index contributed by atoms with van der Waals surface area (Å²) in [5.74, 6) is 1.09. The van der Waals surface area contributed by atoms with Crippen LogP contribution in [0.25, 0.3) is 0 Å². The molecule has 0 saturated carbocycles. The summed E-state index contributed by atoms with van der Waals surface area (Å²) in [7, 11) is 0. The average molecular weight is 336 g/mol. The number of anilines is 2. The summed E-state index contributed by atoms with van der Waals surface area (Å²) in [6, 6.07) is 12.2. The molecule has 25 heavy (non-hydrogen) atoms. The second kappa shape index (κ2) is 7.13. The van der Waals surface area contributed by atoms with E-state index in [4.69, 9.17) is 0 Å². The van der Waals surface area contributed by atoms with Crippen LogP contribution < -0.4 is 15.5 Å². The molecule has 5 nitrogen and oxygen atoms in total. The molecule has 1 aromatic carbocycles. The third-order valence-electron chi connectivity index (χ3n) is 5.14. The highest BCUT2D eigenvalue weighted by Gasteiger charge is 2.23. The normalized spacial score (nSPS) is 17.5. The Morgan fingerprint density at radius 1 is 1.16 bits per heavy atom. The van der Waals surface area contributed by atoms with Crippen LogP contribution in [0.4, 0.5) is 11.5 Å². The number of nitrogens with zero attached hydrogens (tertiary/aromatic N) is 2. The zero-order valence-electron chi connectivity index (χ0n) is 14.4. The van der Waals surface area contributed by atoms with Gasteiger partial charge >= 0.3 is 0 Å². The number of amides is 1. The molecule has 1 saturated heterocycles. The summed E-state index contributed by atoms with van der Waals surface area (Å²) in [6.45, 7) is 2.84. The first-order chi connectivity index (χ1) is 12.3. The largest absolute Gasteiger partial charge is 0.385 e. The Bertz CT molecular complexity index is 739. The Balaban J connectivity index is 1.38. The van der Waals surface area contributed by atoms with E-state index in [1.165, 1.54) is 0 Å². The minimum absolute atomic E-state index is 0.0665. The number of hydrogen-bond acceptors (Lipinski definition) is 4. The van der Waals surface area contributed by atoms with Crippen molar-refractivity contribution in [1.29, 1.82) is 0 Å². The van der Waals surface area contributed by atoms with Crippen molar-refractivity contribution in [3.05, 3.63) is 53.7 Å². The number of carbonyl (C=O) groups is 1. The Labute approximate surface area is 148 Å². The van der Waals surface area contributed by atoms with Gasteiger partial charge in [0.15, 0.2) is 0 Å². The van der Waals surface area contributed by atoms with E-state index in [1.807, 2.05) is 36.5 Å². The summed E-state index contributed by atoms with van der Waals surface area (Å²) in [6.07, 6.45) is 5.80. The van der Waals surface area contributed by atoms with E-state index in [0.29, 0.717) is 0 Å². The first-order valence-electron chi connectivity index (χ1n) is 9.14. The molecule has 1 aromatic heterocycles. The number of aromatic nitrogens is 1. The topological polar surface area (TPSA) is 57.3 Å². The highest BCUT2D eigenvalue weighted by molar-refractivity contribution is 5.97. The smallest absolute Gasteiger partial charge is 0.251 e. The van der Waals surface area contributed by atoms with Gasteiger partial charge in [-0.1, -0.05) is 12.1 Å². The molecular weight excluding hydrogens is 312 g/mol. The molecule has 2 aromatic rings. The van der Waals surface area contributed by atoms with Crippen LogP contribution >= 0.6 is 0 Å². The maximum Gasteiger partial charge on any atom is 0.251 e. The zero-order valence-corrected chi connectivity index (χ0v) is 14.4. The number of nitrogens with one attached hydrogen (secondary N) is 2. The van der Waals surface area contributed by atoms with Crippen molar-refractivity contribution >= 4 is 17.4 Å². The van der Waals surface area contributed by atoms with Crippen molar-refractivity contribution in [2.45, 2.75) is 31.7 Å². The van der Waals surface area contributed by atoms with Gasteiger partial charge in [-0.25, -0.2) is 4.98 Å². The lowest BCUT2D eigenvalue weighted by molar-refractivity contribution is 0.0930. The quantitative estimate of drug-likeness (QED) is 0.905. The third-order valence-corrected chi connectivity index (χ3v) is 5.14. The molecule has 1 fully saturated rings. The fourth-order valence-electron chi connectivity index (χ4n) is 3.78. The zero-order chi connectivity index (χ0) is 17.1. The Kier molecular flexibility index (Phi) is 4.55. The van der Waals surface area contributed by atoms with Gasteiger partial charge in [-0.3, -0.25) is 4.79 Å². The van der Waals surface area contributed by atoms with Crippen molar-refractivity contribution in [1.82, 2.24) is 10.3 Å². The molecule has 0 aliphatic carbocycles. The fourth-order valence-corrected chi connectivity index (χ4v) is 3.78. The van der Waals surface area contributed by atoms with Crippen LogP contribution in [0.3, 0.4) is 0 Å². The standard InChI is InChI=1S/C20H24N4O/c25-20(17-5-3-7-18-16(17)6-4-12-21-18)23-15-9-13-24(14-10-15)19-8-1-2-11-22-19/h1-3,5,7-8,11,15,21H,4,6,9-10,12-14H2,(H,23,25). The van der Waals surface area contributed by atoms with Crippen molar-refractivity contribution in [2.24, 2.45) is 0 Å². The molecule has 5 heteroatoms. The van der Waals surface area contributed by atoms with Gasteiger partial charge in [-0.05, 0) is 55.5 Å². The molecule has 0 unspecified atom stereocenters. The molecule has 2 aliphatic heterocycles. The summed E-state index contributed by atoms with van der Waals surface area (Å²) in [5, 5.41) is 6.64. The van der Waals surface area contributed by atoms with Gasteiger partial charge < -0.3 is 15.5 Å². The van der Waals surface area contributed by atoms with Crippen LogP contribution in [0, 0.1) is 0 Å². The molecule has 130 valence electrons. The number of benzene rings is 1. The van der Waals surface area contributed by atoms with E-state index in [2.05, 4.69) is 26.6 Å². The SMILES string of the molecule is O=C(NC1CCN(c2ccccn2)CC1)c1cccc2c1CCCN2. The molecule has 0 bridgehead atoms. The van der Waals surface area contributed by atoms with Gasteiger partial charge in [0.25, 0.3) is 5.91 Å². The number of piperidine rings is 1. The number of carbonyl (C=O) groups excluding carboxylic acids is 1. The highest BCUT2D eigenvalue weighted by atomic mass is 16.1. The summed E-state index contributed by atoms with van der Waals surface area (Å²) < 4.78 is 0. The second-order valence-corrected chi connectivity index (χ2v) is 6.78. The summed E-state index contributed by atoms with van der Waals surface area (Å²) >= 11 is 0. The molecule has 0 spiro atoms. The molecule has 1 amide bonds. The van der Waals surface area contributed by atoms with Gasteiger partial charge in [0.05, 0.1) is 0 Å². The predicted octanol–water partition coefficient (Wildman–Crippen LogP) is 2.84. The van der Waals surface area contributed by atoms with Crippen LogP contribution in [0.1, 0.15) is 35.2 Å². The van der Waals surface area contributed by atoms with Gasteiger partial charge in [-0.2, -0.15) is 0 Å². The monoisotopic (exact) mass is 336 g/mol. The average Bonchev–Trinajstić information content (AvgIpc) is 2.69. The van der Waals surface area contributed by atoms with E-state index in [0.717, 1.165) is 67.9 Å². The van der Waals surface area contributed by atoms with E-state index >= 15 is 0 Å². The molecule has 2 aliphatic rings. The van der Waals surface area contributed by atoms with Gasteiger partial charge in [0, 0.05) is 43.1 Å². The highest BCUT2D eigenvalue weighted by Crippen LogP contribution is 2.25. The number of rotatable bonds is 3. The van der Waals surface area contributed by atoms with Gasteiger partial charge in [0.2, 0.25) is 0 Å². The van der Waals surface area contributed by atoms with Crippen LogP contribution in [-0.2, 0) is 6.42 Å². The molecule has 4 rings (SSSR count). The number of fused-ring (bicyclic) bond motifs is 1. The van der Waals surface area contributed by atoms with Gasteiger partial charge in [-0.15, -0.1) is 0 Å². The summed E-state index contributed by atoms with van der Waals surface area (Å²) in [4.78, 5) is 19.5. The Hall–Kier alpha value is -2.56. The predicted molar refractivity (Wildman–Crippen MR) is 100 cm³/mol. The Morgan fingerprint density at radius 2 is 2.04 bits per heavy atom. The van der Waals surface area contributed by atoms with Crippen molar-refractivity contribution in [3.8, 4) is 0 Å². The maximum atomic E-state index is 12.8. The van der Waals surface area contributed by atoms with Crippen LogP contribution in [0.5, 0.6) is 0 Å². The fraction of sp³-hybridized carbons (Fsp3) is 0.400. The maximum absolute atomic E-state index is 12.8. The first-order valence-corrected chi connectivity index (χ1v) is 9.14. The van der Waals surface area contributed by atoms with E-state index in [9.17, 15) is 4.79 Å². The molecular formula is C20H24N4O. The van der Waals surface area contributed by atoms with Crippen molar-refractivity contribution in [3.63, 3.8) is 0 Å². The Morgan fingerprint density at radius 3 is 2.84 bits per heavy atom. The minimum atomic E-state index is 0.0665. The van der Waals surface area contributed by atoms with Gasteiger partial charge in [0.1, 0.15) is 5.82 Å².